The van der Waals surface area contributed by atoms with Crippen LogP contribution in [0.4, 0.5) is 11.4 Å². The molecule has 7 rings (SSSR count). The summed E-state index contributed by atoms with van der Waals surface area (Å²) in [6.07, 6.45) is 0. The number of hydrogen-bond donors (Lipinski definition) is 0. The zero-order chi connectivity index (χ0) is 31.4. The number of hydrogen-bond acceptors (Lipinski definition) is 4. The standard InChI is InChI=1S/C37H18N6O2/c1-40-25-15-21(19-38)13-23(17-25)27-7-4-10-30-33(27)34-28(24-14-22(20-39)16-26(18-24)41-2)8-5-11-31(34)43(30)32-12-6-9-29-35(32)37(45)42(3)36(29)44/h4-18H,3H3. The summed E-state index contributed by atoms with van der Waals surface area (Å²) in [7, 11) is 1.46. The molecule has 0 saturated heterocycles. The molecule has 8 nitrogen and oxygen atoms in total. The third kappa shape index (κ3) is 3.96. The first kappa shape index (κ1) is 26.9. The number of nitrogens with zero attached hydrogens (tertiary/aromatic N) is 6. The van der Waals surface area contributed by atoms with Crippen LogP contribution in [0.25, 0.3) is 59.4 Å². The lowest BCUT2D eigenvalue weighted by Crippen LogP contribution is -2.24. The molecule has 6 aromatic rings. The molecule has 0 bridgehead atoms. The van der Waals surface area contributed by atoms with E-state index in [2.05, 4.69) is 21.8 Å². The van der Waals surface area contributed by atoms with Gasteiger partial charge in [0.2, 0.25) is 0 Å². The fraction of sp³-hybridized carbons (Fsp3) is 0.0270. The number of aromatic nitrogens is 1. The molecule has 0 aliphatic carbocycles. The maximum atomic E-state index is 13.4. The summed E-state index contributed by atoms with van der Waals surface area (Å²) in [5.74, 6) is -0.779. The molecule has 0 radical (unpaired) electrons. The largest absolute Gasteiger partial charge is 0.308 e. The van der Waals surface area contributed by atoms with E-state index in [0.717, 1.165) is 37.8 Å². The Bertz CT molecular complexity index is 2300. The zero-order valence-electron chi connectivity index (χ0n) is 23.7. The van der Waals surface area contributed by atoms with Gasteiger partial charge in [-0.15, -0.1) is 0 Å². The van der Waals surface area contributed by atoms with Crippen molar-refractivity contribution >= 4 is 45.0 Å². The Morgan fingerprint density at radius 3 is 1.62 bits per heavy atom. The van der Waals surface area contributed by atoms with Crippen molar-refractivity contribution in [2.24, 2.45) is 0 Å². The predicted molar refractivity (Wildman–Crippen MR) is 170 cm³/mol. The molecular weight excluding hydrogens is 560 g/mol. The monoisotopic (exact) mass is 578 g/mol. The number of rotatable bonds is 3. The van der Waals surface area contributed by atoms with Crippen molar-refractivity contribution in [2.45, 2.75) is 0 Å². The molecule has 5 aromatic carbocycles. The molecule has 45 heavy (non-hydrogen) atoms. The molecule has 1 aromatic heterocycles. The van der Waals surface area contributed by atoms with Gasteiger partial charge in [-0.25, -0.2) is 9.69 Å². The Balaban J connectivity index is 1.68. The highest BCUT2D eigenvalue weighted by atomic mass is 16.2. The summed E-state index contributed by atoms with van der Waals surface area (Å²) in [5, 5.41) is 21.1. The van der Waals surface area contributed by atoms with Crippen molar-refractivity contribution in [1.82, 2.24) is 9.47 Å². The Labute approximate surface area is 257 Å². The van der Waals surface area contributed by atoms with Crippen molar-refractivity contribution in [3.8, 4) is 40.1 Å². The van der Waals surface area contributed by atoms with Gasteiger partial charge in [0.25, 0.3) is 11.8 Å². The second-order valence-corrected chi connectivity index (χ2v) is 10.6. The molecule has 0 unspecified atom stereocenters. The lowest BCUT2D eigenvalue weighted by Gasteiger charge is -2.12. The minimum Gasteiger partial charge on any atom is -0.308 e. The van der Waals surface area contributed by atoms with Crippen LogP contribution in [-0.2, 0) is 0 Å². The fourth-order valence-electron chi connectivity index (χ4n) is 6.21. The first-order valence-corrected chi connectivity index (χ1v) is 13.8. The molecule has 0 fully saturated rings. The summed E-state index contributed by atoms with van der Waals surface area (Å²) < 4.78 is 1.95. The van der Waals surface area contributed by atoms with Crippen molar-refractivity contribution in [3.05, 3.63) is 136 Å². The summed E-state index contributed by atoms with van der Waals surface area (Å²) in [4.78, 5) is 34.7. The van der Waals surface area contributed by atoms with Gasteiger partial charge in [-0.2, -0.15) is 10.5 Å². The van der Waals surface area contributed by atoms with E-state index in [1.54, 1.807) is 36.4 Å². The first-order valence-electron chi connectivity index (χ1n) is 13.8. The van der Waals surface area contributed by atoms with Crippen LogP contribution in [0.1, 0.15) is 31.8 Å². The quantitative estimate of drug-likeness (QED) is 0.156. The van der Waals surface area contributed by atoms with Gasteiger partial charge in [0, 0.05) is 28.9 Å². The number of carbonyl (C=O) groups is 2. The SMILES string of the molecule is [C-]#[N+]c1cc(C#N)cc(-c2cccc3c2c2c(-c4cc(C#N)cc([N+]#[C-])c4)cccc2n3-c2cccc3c2C(=O)N(C)C3=O)c1. The molecular formula is C37H18N6O2. The molecule has 0 atom stereocenters. The van der Waals surface area contributed by atoms with Crippen LogP contribution in [0.15, 0.2) is 91.0 Å². The summed E-state index contributed by atoms with van der Waals surface area (Å²) in [5.41, 5.74) is 6.75. The van der Waals surface area contributed by atoms with E-state index in [1.807, 2.05) is 47.0 Å². The minimum atomic E-state index is -0.403. The van der Waals surface area contributed by atoms with Gasteiger partial charge in [0.1, 0.15) is 0 Å². The van der Waals surface area contributed by atoms with Gasteiger partial charge in [0.15, 0.2) is 11.4 Å². The van der Waals surface area contributed by atoms with Crippen LogP contribution >= 0.6 is 0 Å². The van der Waals surface area contributed by atoms with E-state index in [0.29, 0.717) is 50.4 Å². The van der Waals surface area contributed by atoms with Gasteiger partial charge in [-0.3, -0.25) is 14.5 Å². The lowest BCUT2D eigenvalue weighted by atomic mass is 9.93. The normalized spacial score (nSPS) is 12.1. The Morgan fingerprint density at radius 1 is 0.644 bits per heavy atom. The summed E-state index contributed by atoms with van der Waals surface area (Å²) in [6.45, 7) is 15.3. The van der Waals surface area contributed by atoms with Crippen LogP contribution in [0.3, 0.4) is 0 Å². The van der Waals surface area contributed by atoms with Crippen molar-refractivity contribution in [2.75, 3.05) is 7.05 Å². The average molecular weight is 579 g/mol. The Kier molecular flexibility index (Phi) is 6.01. The van der Waals surface area contributed by atoms with E-state index < -0.39 is 5.91 Å². The van der Waals surface area contributed by atoms with Crippen LogP contribution in [0, 0.1) is 35.8 Å². The number of carbonyl (C=O) groups excluding carboxylic acids is 2. The van der Waals surface area contributed by atoms with Gasteiger partial charge < -0.3 is 4.57 Å². The maximum Gasteiger partial charge on any atom is 0.263 e. The van der Waals surface area contributed by atoms with Crippen LogP contribution in [0.5, 0.6) is 0 Å². The Morgan fingerprint density at radius 2 is 1.13 bits per heavy atom. The number of benzene rings is 5. The lowest BCUT2D eigenvalue weighted by molar-refractivity contribution is 0.0693. The minimum absolute atomic E-state index is 0.295. The number of amides is 2. The summed E-state index contributed by atoms with van der Waals surface area (Å²) >= 11 is 0. The number of imide groups is 1. The topological polar surface area (TPSA) is 98.6 Å². The van der Waals surface area contributed by atoms with E-state index in [-0.39, 0.29) is 5.91 Å². The third-order valence-electron chi connectivity index (χ3n) is 8.13. The second kappa shape index (κ2) is 10.1. The molecule has 1 aliphatic heterocycles. The zero-order valence-corrected chi connectivity index (χ0v) is 23.7. The van der Waals surface area contributed by atoms with Crippen molar-refractivity contribution in [3.63, 3.8) is 0 Å². The molecule has 2 heterocycles. The van der Waals surface area contributed by atoms with Crippen LogP contribution < -0.4 is 0 Å². The number of fused-ring (bicyclic) bond motifs is 4. The smallest absolute Gasteiger partial charge is 0.263 e. The van der Waals surface area contributed by atoms with Gasteiger partial charge in [-0.1, -0.05) is 30.3 Å². The van der Waals surface area contributed by atoms with Crippen molar-refractivity contribution in [1.29, 1.82) is 10.5 Å². The molecule has 0 N–H and O–H groups in total. The van der Waals surface area contributed by atoms with E-state index in [1.165, 1.54) is 19.2 Å². The molecule has 2 amide bonds. The number of nitriles is 2. The van der Waals surface area contributed by atoms with Gasteiger partial charge in [-0.05, 0) is 82.9 Å². The fourth-order valence-corrected chi connectivity index (χ4v) is 6.21. The first-order chi connectivity index (χ1) is 21.9. The molecule has 1 aliphatic rings. The maximum absolute atomic E-state index is 13.4. The van der Waals surface area contributed by atoms with E-state index in [9.17, 15) is 20.1 Å². The second-order valence-electron chi connectivity index (χ2n) is 10.6. The third-order valence-corrected chi connectivity index (χ3v) is 8.13. The van der Waals surface area contributed by atoms with E-state index >= 15 is 0 Å². The molecule has 8 heteroatoms. The molecule has 0 saturated carbocycles. The highest BCUT2D eigenvalue weighted by molar-refractivity contribution is 6.25. The Hall–Kier alpha value is -7.00. The molecule has 0 spiro atoms. The van der Waals surface area contributed by atoms with Crippen molar-refractivity contribution < 1.29 is 9.59 Å². The van der Waals surface area contributed by atoms with Gasteiger partial charge >= 0.3 is 0 Å². The van der Waals surface area contributed by atoms with Crippen LogP contribution in [-0.4, -0.2) is 28.3 Å². The predicted octanol–water partition coefficient (Wildman–Crippen LogP) is 8.19. The summed E-state index contributed by atoms with van der Waals surface area (Å²) in [6, 6.07) is 31.0. The van der Waals surface area contributed by atoms with Crippen LogP contribution in [0.2, 0.25) is 0 Å². The highest BCUT2D eigenvalue weighted by Gasteiger charge is 2.36. The van der Waals surface area contributed by atoms with Gasteiger partial charge in [0.05, 0.1) is 53.1 Å². The highest BCUT2D eigenvalue weighted by Crippen LogP contribution is 2.45. The molecule has 208 valence electrons. The average Bonchev–Trinajstić information content (AvgIpc) is 3.54. The van der Waals surface area contributed by atoms with E-state index in [4.69, 9.17) is 13.1 Å².